The maximum atomic E-state index is 4.24. The smallest absolute Gasteiger partial charge is 0.0372 e. The van der Waals surface area contributed by atoms with Crippen molar-refractivity contribution >= 4 is 0 Å². The second-order valence-corrected chi connectivity index (χ2v) is 5.30. The normalized spacial score (nSPS) is 21.7. The van der Waals surface area contributed by atoms with Gasteiger partial charge in [-0.1, -0.05) is 6.92 Å². The van der Waals surface area contributed by atoms with Crippen LogP contribution in [0.3, 0.4) is 0 Å². The predicted octanol–water partition coefficient (Wildman–Crippen LogP) is 3.15. The monoisotopic (exact) mass is 204 g/mol. The van der Waals surface area contributed by atoms with Gasteiger partial charge in [-0.15, -0.1) is 0 Å². The number of aromatic nitrogens is 1. The molecule has 1 aromatic heterocycles. The second-order valence-electron chi connectivity index (χ2n) is 5.30. The molecule has 0 aliphatic carbocycles. The van der Waals surface area contributed by atoms with Crippen molar-refractivity contribution in [2.24, 2.45) is 0 Å². The Labute approximate surface area is 92.3 Å². The third-order valence-electron chi connectivity index (χ3n) is 3.27. The summed E-state index contributed by atoms with van der Waals surface area (Å²) >= 11 is 0. The van der Waals surface area contributed by atoms with Gasteiger partial charge in [-0.3, -0.25) is 9.88 Å². The van der Waals surface area contributed by atoms with E-state index in [0.29, 0.717) is 6.04 Å². The highest BCUT2D eigenvalue weighted by molar-refractivity contribution is 5.31. The quantitative estimate of drug-likeness (QED) is 0.698. The Morgan fingerprint density at radius 1 is 1.47 bits per heavy atom. The fourth-order valence-corrected chi connectivity index (χ4v) is 2.49. The first-order chi connectivity index (χ1) is 7.04. The molecular weight excluding hydrogens is 184 g/mol. The zero-order valence-corrected chi connectivity index (χ0v) is 10.1. The minimum Gasteiger partial charge on any atom is -0.287 e. The summed E-state index contributed by atoms with van der Waals surface area (Å²) in [5.41, 5.74) is 3.11. The molecule has 2 rings (SSSR count). The van der Waals surface area contributed by atoms with Gasteiger partial charge in [-0.05, 0) is 44.4 Å². The summed E-state index contributed by atoms with van der Waals surface area (Å²) in [6, 6.07) is 2.71. The predicted molar refractivity (Wildman–Crippen MR) is 62.6 cm³/mol. The molecule has 15 heavy (non-hydrogen) atoms. The van der Waals surface area contributed by atoms with Gasteiger partial charge in [0, 0.05) is 30.5 Å². The molecule has 0 saturated heterocycles. The molecule has 0 fully saturated rings. The average molecular weight is 204 g/mol. The van der Waals surface area contributed by atoms with Crippen molar-refractivity contribution in [2.75, 3.05) is 0 Å². The molecule has 2 nitrogen and oxygen atoms in total. The summed E-state index contributed by atoms with van der Waals surface area (Å²) in [5, 5.41) is 0. The number of nitrogens with zero attached hydrogens (tertiary/aromatic N) is 2. The van der Waals surface area contributed by atoms with Crippen LogP contribution in [0.4, 0.5) is 0 Å². The molecule has 2 heteroatoms. The highest BCUT2D eigenvalue weighted by Crippen LogP contribution is 2.39. The number of fused-ring (bicyclic) bond motifs is 1. The summed E-state index contributed by atoms with van der Waals surface area (Å²) in [6.45, 7) is 10.2. The van der Waals surface area contributed by atoms with Gasteiger partial charge in [-0.25, -0.2) is 0 Å². The van der Waals surface area contributed by atoms with Gasteiger partial charge in [0.05, 0.1) is 0 Å². The highest BCUT2D eigenvalue weighted by Gasteiger charge is 2.35. The van der Waals surface area contributed by atoms with Gasteiger partial charge in [0.2, 0.25) is 0 Å². The van der Waals surface area contributed by atoms with Crippen LogP contribution in [-0.4, -0.2) is 15.4 Å². The first-order valence-electron chi connectivity index (χ1n) is 5.73. The van der Waals surface area contributed by atoms with Crippen LogP contribution < -0.4 is 0 Å². The highest BCUT2D eigenvalue weighted by atomic mass is 15.2. The summed E-state index contributed by atoms with van der Waals surface area (Å²) in [4.78, 5) is 6.81. The Bertz CT molecular complexity index is 352. The number of pyridine rings is 1. The summed E-state index contributed by atoms with van der Waals surface area (Å²) in [6.07, 6.45) is 5.10. The van der Waals surface area contributed by atoms with Gasteiger partial charge < -0.3 is 0 Å². The van der Waals surface area contributed by atoms with E-state index in [0.717, 1.165) is 13.0 Å². The lowest BCUT2D eigenvalue weighted by molar-refractivity contribution is 0.0886. The van der Waals surface area contributed by atoms with Crippen LogP contribution in [0.2, 0.25) is 0 Å². The van der Waals surface area contributed by atoms with Crippen LogP contribution in [0.15, 0.2) is 18.5 Å². The van der Waals surface area contributed by atoms with Crippen molar-refractivity contribution < 1.29 is 0 Å². The van der Waals surface area contributed by atoms with E-state index in [4.69, 9.17) is 0 Å². The van der Waals surface area contributed by atoms with Crippen LogP contribution in [0.25, 0.3) is 0 Å². The SMILES string of the molecule is CCC1c2cnccc2CN1C(C)(C)C. The molecular formula is C13H20N2. The Morgan fingerprint density at radius 2 is 2.20 bits per heavy atom. The molecule has 0 spiro atoms. The van der Waals surface area contributed by atoms with E-state index in [2.05, 4.69) is 43.6 Å². The molecule has 1 aliphatic heterocycles. The van der Waals surface area contributed by atoms with Crippen molar-refractivity contribution in [3.63, 3.8) is 0 Å². The molecule has 0 radical (unpaired) electrons. The summed E-state index contributed by atoms with van der Waals surface area (Å²) in [7, 11) is 0. The van der Waals surface area contributed by atoms with Crippen LogP contribution in [0.1, 0.15) is 51.3 Å². The lowest BCUT2D eigenvalue weighted by Crippen LogP contribution is -2.39. The van der Waals surface area contributed by atoms with Crippen molar-refractivity contribution in [1.82, 2.24) is 9.88 Å². The minimum atomic E-state index is 0.236. The van der Waals surface area contributed by atoms with Crippen molar-refractivity contribution in [3.8, 4) is 0 Å². The molecule has 0 N–H and O–H groups in total. The molecule has 1 unspecified atom stereocenters. The second kappa shape index (κ2) is 3.60. The standard InChI is InChI=1S/C13H20N2/c1-5-12-11-8-14-7-6-10(11)9-15(12)13(2,3)4/h6-8,12H,5,9H2,1-4H3. The fourth-order valence-electron chi connectivity index (χ4n) is 2.49. The molecule has 82 valence electrons. The van der Waals surface area contributed by atoms with Crippen molar-refractivity contribution in [1.29, 1.82) is 0 Å². The van der Waals surface area contributed by atoms with Crippen LogP contribution in [0, 0.1) is 0 Å². The first kappa shape index (κ1) is 10.6. The van der Waals surface area contributed by atoms with E-state index in [-0.39, 0.29) is 5.54 Å². The van der Waals surface area contributed by atoms with Crippen LogP contribution in [0.5, 0.6) is 0 Å². The molecule has 0 aromatic carbocycles. The van der Waals surface area contributed by atoms with Gasteiger partial charge in [0.15, 0.2) is 0 Å². The molecule has 1 aliphatic rings. The molecule has 1 aromatic rings. The Morgan fingerprint density at radius 3 is 2.80 bits per heavy atom. The van der Waals surface area contributed by atoms with E-state index >= 15 is 0 Å². The van der Waals surface area contributed by atoms with E-state index in [1.807, 2.05) is 12.4 Å². The maximum absolute atomic E-state index is 4.24. The third kappa shape index (κ3) is 1.78. The zero-order valence-electron chi connectivity index (χ0n) is 10.1. The van der Waals surface area contributed by atoms with E-state index in [1.165, 1.54) is 11.1 Å². The Kier molecular flexibility index (Phi) is 2.55. The maximum Gasteiger partial charge on any atom is 0.0372 e. The van der Waals surface area contributed by atoms with E-state index in [1.54, 1.807) is 0 Å². The number of hydrogen-bond acceptors (Lipinski definition) is 2. The topological polar surface area (TPSA) is 16.1 Å². The fraction of sp³-hybridized carbons (Fsp3) is 0.615. The van der Waals surface area contributed by atoms with Gasteiger partial charge in [-0.2, -0.15) is 0 Å². The molecule has 0 amide bonds. The van der Waals surface area contributed by atoms with Gasteiger partial charge >= 0.3 is 0 Å². The molecule has 0 saturated carbocycles. The van der Waals surface area contributed by atoms with Crippen LogP contribution >= 0.6 is 0 Å². The molecule has 2 heterocycles. The Balaban J connectivity index is 2.37. The lowest BCUT2D eigenvalue weighted by Gasteiger charge is -2.36. The Hall–Kier alpha value is -0.890. The minimum absolute atomic E-state index is 0.236. The lowest BCUT2D eigenvalue weighted by atomic mass is 10.0. The van der Waals surface area contributed by atoms with Crippen LogP contribution in [-0.2, 0) is 6.54 Å². The third-order valence-corrected chi connectivity index (χ3v) is 3.27. The van der Waals surface area contributed by atoms with Crippen molar-refractivity contribution in [2.45, 2.75) is 52.2 Å². The average Bonchev–Trinajstić information content (AvgIpc) is 2.55. The zero-order chi connectivity index (χ0) is 11.1. The molecule has 0 bridgehead atoms. The van der Waals surface area contributed by atoms with Crippen molar-refractivity contribution in [3.05, 3.63) is 29.6 Å². The largest absolute Gasteiger partial charge is 0.287 e. The summed E-state index contributed by atoms with van der Waals surface area (Å²) < 4.78 is 0. The summed E-state index contributed by atoms with van der Waals surface area (Å²) in [5.74, 6) is 0. The molecule has 1 atom stereocenters. The first-order valence-corrected chi connectivity index (χ1v) is 5.73. The van der Waals surface area contributed by atoms with Gasteiger partial charge in [0.1, 0.15) is 0 Å². The number of rotatable bonds is 1. The van der Waals surface area contributed by atoms with Gasteiger partial charge in [0.25, 0.3) is 0 Å². The van der Waals surface area contributed by atoms with E-state index < -0.39 is 0 Å². The number of hydrogen-bond donors (Lipinski definition) is 0. The van der Waals surface area contributed by atoms with E-state index in [9.17, 15) is 0 Å².